The van der Waals surface area contributed by atoms with E-state index in [4.69, 9.17) is 4.74 Å². The molecule has 0 aromatic rings. The Hall–Kier alpha value is -0.790. The Kier molecular flexibility index (Phi) is 5.53. The van der Waals surface area contributed by atoms with Gasteiger partial charge in [-0.1, -0.05) is 20.3 Å². The summed E-state index contributed by atoms with van der Waals surface area (Å²) in [6.45, 7) is 11.9. The fourth-order valence-corrected chi connectivity index (χ4v) is 0.860. The van der Waals surface area contributed by atoms with Crippen LogP contribution in [0.5, 0.6) is 0 Å². The van der Waals surface area contributed by atoms with E-state index in [1.54, 1.807) is 0 Å². The van der Waals surface area contributed by atoms with E-state index in [-0.39, 0.29) is 0 Å². The zero-order valence-corrected chi connectivity index (χ0v) is 7.47. The molecule has 0 rings (SSSR count). The number of nitrogens with zero attached hydrogens (tertiary/aromatic N) is 1. The number of rotatable bonds is 6. The predicted octanol–water partition coefficient (Wildman–Crippen LogP) is 2.61. The zero-order chi connectivity index (χ0) is 8.69. The molecule has 0 saturated carbocycles. The summed E-state index contributed by atoms with van der Waals surface area (Å²) < 4.78 is 5.18. The van der Waals surface area contributed by atoms with Gasteiger partial charge < -0.3 is 4.74 Å². The molecule has 0 aliphatic carbocycles. The molecule has 0 radical (unpaired) electrons. The molecule has 0 spiro atoms. The van der Waals surface area contributed by atoms with Gasteiger partial charge in [0, 0.05) is 0 Å². The molecule has 0 saturated heterocycles. The van der Waals surface area contributed by atoms with Crippen molar-refractivity contribution < 1.29 is 4.74 Å². The van der Waals surface area contributed by atoms with Crippen molar-refractivity contribution in [1.29, 1.82) is 0 Å². The van der Waals surface area contributed by atoms with E-state index in [0.29, 0.717) is 18.4 Å². The average molecular weight is 155 g/mol. The fraction of sp³-hybridized carbons (Fsp3) is 0.667. The molecule has 11 heavy (non-hydrogen) atoms. The van der Waals surface area contributed by atoms with Crippen LogP contribution in [0.1, 0.15) is 26.7 Å². The molecule has 1 atom stereocenters. The lowest BCUT2D eigenvalue weighted by molar-refractivity contribution is 0.167. The molecule has 0 heterocycles. The monoisotopic (exact) mass is 155 g/mol. The number of hydrogen-bond acceptors (Lipinski definition) is 2. The van der Waals surface area contributed by atoms with E-state index in [9.17, 15) is 0 Å². The Morgan fingerprint density at radius 1 is 1.64 bits per heavy atom. The third kappa shape index (κ3) is 5.64. The van der Waals surface area contributed by atoms with Gasteiger partial charge in [0.25, 0.3) is 0 Å². The fourth-order valence-electron chi connectivity index (χ4n) is 0.860. The highest BCUT2D eigenvalue weighted by molar-refractivity contribution is 5.26. The minimum Gasteiger partial charge on any atom is -0.478 e. The maximum atomic E-state index is 5.18. The summed E-state index contributed by atoms with van der Waals surface area (Å²) >= 11 is 0. The van der Waals surface area contributed by atoms with Crippen LogP contribution in [-0.2, 0) is 4.74 Å². The summed E-state index contributed by atoms with van der Waals surface area (Å²) in [5.41, 5.74) is 0. The van der Waals surface area contributed by atoms with E-state index in [1.807, 2.05) is 0 Å². The molecule has 0 aliphatic rings. The maximum Gasteiger partial charge on any atom is 0.205 e. The Morgan fingerprint density at radius 3 is 2.73 bits per heavy atom. The standard InChI is InChI=1S/C9H17NO/c1-5-6-8(2)7-11-9(3)10-4/h8H,3-7H2,1-2H3. The molecule has 64 valence electrons. The van der Waals surface area contributed by atoms with Gasteiger partial charge in [-0.2, -0.15) is 0 Å². The van der Waals surface area contributed by atoms with Crippen molar-refractivity contribution in [2.75, 3.05) is 6.61 Å². The zero-order valence-electron chi connectivity index (χ0n) is 7.47. The molecule has 0 fully saturated rings. The van der Waals surface area contributed by atoms with Crippen LogP contribution >= 0.6 is 0 Å². The first kappa shape index (κ1) is 10.2. The number of ether oxygens (including phenoxy) is 1. The summed E-state index contributed by atoms with van der Waals surface area (Å²) in [6.07, 6.45) is 2.38. The van der Waals surface area contributed by atoms with Crippen molar-refractivity contribution in [3.05, 3.63) is 12.5 Å². The summed E-state index contributed by atoms with van der Waals surface area (Å²) in [5, 5.41) is 0. The van der Waals surface area contributed by atoms with Crippen molar-refractivity contribution in [3.63, 3.8) is 0 Å². The number of hydrogen-bond donors (Lipinski definition) is 0. The Morgan fingerprint density at radius 2 is 2.27 bits per heavy atom. The lowest BCUT2D eigenvalue weighted by Crippen LogP contribution is -2.04. The molecule has 0 amide bonds. The third-order valence-electron chi connectivity index (χ3n) is 1.49. The van der Waals surface area contributed by atoms with Crippen LogP contribution in [0.4, 0.5) is 0 Å². The van der Waals surface area contributed by atoms with Gasteiger partial charge in [0.1, 0.15) is 0 Å². The molecule has 1 unspecified atom stereocenters. The SMILES string of the molecule is C=NC(=C)OCC(C)CCC. The smallest absolute Gasteiger partial charge is 0.205 e. The van der Waals surface area contributed by atoms with Gasteiger partial charge in [-0.15, -0.1) is 0 Å². The van der Waals surface area contributed by atoms with Crippen molar-refractivity contribution in [1.82, 2.24) is 0 Å². The average Bonchev–Trinajstić information content (AvgIpc) is 2.01. The largest absolute Gasteiger partial charge is 0.478 e. The molecule has 0 aromatic carbocycles. The molecule has 0 N–H and O–H groups in total. The molecule has 0 aliphatic heterocycles. The first-order valence-corrected chi connectivity index (χ1v) is 3.99. The highest BCUT2D eigenvalue weighted by Gasteiger charge is 2.00. The Bertz CT molecular complexity index is 132. The van der Waals surface area contributed by atoms with Gasteiger partial charge in [0.05, 0.1) is 6.61 Å². The van der Waals surface area contributed by atoms with Crippen LogP contribution < -0.4 is 0 Å². The van der Waals surface area contributed by atoms with Crippen molar-refractivity contribution in [2.24, 2.45) is 10.9 Å². The first-order chi connectivity index (χ1) is 5.20. The molecule has 2 nitrogen and oxygen atoms in total. The van der Waals surface area contributed by atoms with Gasteiger partial charge in [-0.3, -0.25) is 0 Å². The van der Waals surface area contributed by atoms with Crippen molar-refractivity contribution in [2.45, 2.75) is 26.7 Å². The highest BCUT2D eigenvalue weighted by Crippen LogP contribution is 2.07. The van der Waals surface area contributed by atoms with Gasteiger partial charge in [-0.05, 0) is 25.6 Å². The molecule has 2 heteroatoms. The van der Waals surface area contributed by atoms with E-state index < -0.39 is 0 Å². The van der Waals surface area contributed by atoms with Crippen LogP contribution in [0.25, 0.3) is 0 Å². The van der Waals surface area contributed by atoms with Gasteiger partial charge in [0.2, 0.25) is 5.88 Å². The second kappa shape index (κ2) is 5.96. The lowest BCUT2D eigenvalue weighted by atomic mass is 10.1. The lowest BCUT2D eigenvalue weighted by Gasteiger charge is -2.10. The van der Waals surface area contributed by atoms with Crippen LogP contribution in [0.15, 0.2) is 17.5 Å². The van der Waals surface area contributed by atoms with Gasteiger partial charge in [0.15, 0.2) is 0 Å². The number of aliphatic imine (C=N–C) groups is 1. The van der Waals surface area contributed by atoms with Gasteiger partial charge in [-0.25, -0.2) is 4.99 Å². The normalized spacial score (nSPS) is 12.2. The molecular formula is C9H17NO. The molecule has 0 aromatic heterocycles. The van der Waals surface area contributed by atoms with E-state index in [1.165, 1.54) is 12.8 Å². The second-order valence-corrected chi connectivity index (χ2v) is 2.76. The summed E-state index contributed by atoms with van der Waals surface area (Å²) in [6, 6.07) is 0. The van der Waals surface area contributed by atoms with Crippen LogP contribution in [0.2, 0.25) is 0 Å². The van der Waals surface area contributed by atoms with Crippen LogP contribution in [0.3, 0.4) is 0 Å². The van der Waals surface area contributed by atoms with E-state index in [2.05, 4.69) is 32.1 Å². The summed E-state index contributed by atoms with van der Waals surface area (Å²) in [7, 11) is 0. The summed E-state index contributed by atoms with van der Waals surface area (Å²) in [4.78, 5) is 3.55. The predicted molar refractivity (Wildman–Crippen MR) is 48.7 cm³/mol. The maximum absolute atomic E-state index is 5.18. The Balaban J connectivity index is 3.37. The topological polar surface area (TPSA) is 21.6 Å². The van der Waals surface area contributed by atoms with Crippen LogP contribution in [-0.4, -0.2) is 13.3 Å². The molecule has 0 bridgehead atoms. The second-order valence-electron chi connectivity index (χ2n) is 2.76. The van der Waals surface area contributed by atoms with Crippen LogP contribution in [0, 0.1) is 5.92 Å². The Labute approximate surface area is 69.0 Å². The third-order valence-corrected chi connectivity index (χ3v) is 1.49. The molecular weight excluding hydrogens is 138 g/mol. The van der Waals surface area contributed by atoms with Crippen molar-refractivity contribution in [3.8, 4) is 0 Å². The highest BCUT2D eigenvalue weighted by atomic mass is 16.5. The summed E-state index contributed by atoms with van der Waals surface area (Å²) in [5.74, 6) is 1.01. The first-order valence-electron chi connectivity index (χ1n) is 3.99. The van der Waals surface area contributed by atoms with Crippen molar-refractivity contribution >= 4 is 6.72 Å². The van der Waals surface area contributed by atoms with Gasteiger partial charge >= 0.3 is 0 Å². The van der Waals surface area contributed by atoms with E-state index in [0.717, 1.165) is 0 Å². The minimum atomic E-state index is 0.424. The quantitative estimate of drug-likeness (QED) is 0.427. The minimum absolute atomic E-state index is 0.424. The van der Waals surface area contributed by atoms with E-state index >= 15 is 0 Å².